The van der Waals surface area contributed by atoms with E-state index in [1.165, 1.54) is 0 Å². The van der Waals surface area contributed by atoms with Gasteiger partial charge >= 0.3 is 0 Å². The number of benzene rings is 1. The Bertz CT molecular complexity index is 383. The summed E-state index contributed by atoms with van der Waals surface area (Å²) in [5.41, 5.74) is 5.93. The summed E-state index contributed by atoms with van der Waals surface area (Å²) in [5.74, 6) is 0. The Morgan fingerprint density at radius 2 is 2.20 bits per heavy atom. The molecule has 1 aliphatic carbocycles. The molecule has 4 heteroatoms. The molecular weight excluding hydrogens is 230 g/mol. The molecule has 3 unspecified atom stereocenters. The van der Waals surface area contributed by atoms with Crippen molar-refractivity contribution in [3.63, 3.8) is 0 Å². The van der Waals surface area contributed by atoms with Crippen molar-refractivity contribution in [2.75, 3.05) is 0 Å². The van der Waals surface area contributed by atoms with Crippen LogP contribution in [0, 0.1) is 0 Å². The van der Waals surface area contributed by atoms with Gasteiger partial charge in [0, 0.05) is 16.0 Å². The summed E-state index contributed by atoms with van der Waals surface area (Å²) in [7, 11) is -1.01. The highest BCUT2D eigenvalue weighted by Crippen LogP contribution is 2.27. The Labute approximate surface area is 97.3 Å². The Hall–Kier alpha value is -0.380. The normalized spacial score (nSPS) is 27.9. The smallest absolute Gasteiger partial charge is 0.0577 e. The highest BCUT2D eigenvalue weighted by atomic mass is 35.5. The lowest BCUT2D eigenvalue weighted by Crippen LogP contribution is -2.32. The molecule has 0 aromatic heterocycles. The van der Waals surface area contributed by atoms with Gasteiger partial charge in [-0.3, -0.25) is 4.21 Å². The SMILES string of the molecule is NC1CCCC1S(=O)c1cccc(Cl)c1. The monoisotopic (exact) mass is 243 g/mol. The van der Waals surface area contributed by atoms with Crippen molar-refractivity contribution < 1.29 is 4.21 Å². The molecule has 1 aliphatic rings. The Kier molecular flexibility index (Phi) is 3.44. The lowest BCUT2D eigenvalue weighted by atomic mass is 10.3. The maximum atomic E-state index is 12.2. The van der Waals surface area contributed by atoms with Crippen LogP contribution >= 0.6 is 11.6 Å². The number of rotatable bonds is 2. The fraction of sp³-hybridized carbons (Fsp3) is 0.455. The van der Waals surface area contributed by atoms with Crippen molar-refractivity contribution in [2.45, 2.75) is 35.4 Å². The molecule has 1 aromatic rings. The molecule has 1 aromatic carbocycles. The molecule has 2 nitrogen and oxygen atoms in total. The van der Waals surface area contributed by atoms with Crippen LogP contribution in [0.15, 0.2) is 29.2 Å². The van der Waals surface area contributed by atoms with Gasteiger partial charge in [0.2, 0.25) is 0 Å². The minimum Gasteiger partial charge on any atom is -0.327 e. The fourth-order valence-electron chi connectivity index (χ4n) is 1.99. The molecule has 0 aliphatic heterocycles. The average molecular weight is 244 g/mol. The first-order chi connectivity index (χ1) is 7.18. The molecule has 15 heavy (non-hydrogen) atoms. The van der Waals surface area contributed by atoms with Gasteiger partial charge in [-0.05, 0) is 31.0 Å². The minimum absolute atomic E-state index is 0.0739. The van der Waals surface area contributed by atoms with E-state index in [9.17, 15) is 4.21 Å². The number of nitrogens with two attached hydrogens (primary N) is 1. The maximum Gasteiger partial charge on any atom is 0.0577 e. The van der Waals surface area contributed by atoms with Crippen molar-refractivity contribution >= 4 is 22.4 Å². The molecule has 0 radical (unpaired) electrons. The standard InChI is InChI=1S/C11H14ClNOS/c12-8-3-1-4-9(7-8)15(14)11-6-2-5-10(11)13/h1,3-4,7,10-11H,2,5-6,13H2. The third kappa shape index (κ3) is 2.41. The van der Waals surface area contributed by atoms with E-state index in [0.717, 1.165) is 24.2 Å². The summed E-state index contributed by atoms with van der Waals surface area (Å²) in [6.07, 6.45) is 3.02. The summed E-state index contributed by atoms with van der Waals surface area (Å²) in [6, 6.07) is 7.31. The molecular formula is C11H14ClNOS. The third-order valence-electron chi connectivity index (χ3n) is 2.81. The fourth-order valence-corrected chi connectivity index (χ4v) is 3.88. The van der Waals surface area contributed by atoms with Gasteiger partial charge in [0.25, 0.3) is 0 Å². The van der Waals surface area contributed by atoms with Crippen LogP contribution in [0.2, 0.25) is 5.02 Å². The van der Waals surface area contributed by atoms with E-state index in [-0.39, 0.29) is 11.3 Å². The van der Waals surface area contributed by atoms with E-state index in [0.29, 0.717) is 5.02 Å². The van der Waals surface area contributed by atoms with E-state index in [1.807, 2.05) is 12.1 Å². The van der Waals surface area contributed by atoms with Crippen LogP contribution < -0.4 is 5.73 Å². The molecule has 2 rings (SSSR count). The zero-order valence-electron chi connectivity index (χ0n) is 8.36. The summed E-state index contributed by atoms with van der Waals surface area (Å²) >= 11 is 5.87. The summed E-state index contributed by atoms with van der Waals surface area (Å²) in [4.78, 5) is 0.796. The first-order valence-corrected chi connectivity index (χ1v) is 6.69. The van der Waals surface area contributed by atoms with Crippen molar-refractivity contribution in [1.82, 2.24) is 0 Å². The van der Waals surface area contributed by atoms with E-state index in [1.54, 1.807) is 12.1 Å². The third-order valence-corrected chi connectivity index (χ3v) is 4.90. The quantitative estimate of drug-likeness (QED) is 0.867. The Balaban J connectivity index is 2.20. The average Bonchev–Trinajstić information content (AvgIpc) is 2.63. The van der Waals surface area contributed by atoms with Crippen LogP contribution in [0.5, 0.6) is 0 Å². The number of halogens is 1. The molecule has 0 heterocycles. The van der Waals surface area contributed by atoms with Gasteiger partial charge < -0.3 is 5.73 Å². The second kappa shape index (κ2) is 4.64. The zero-order valence-corrected chi connectivity index (χ0v) is 9.93. The minimum atomic E-state index is -1.01. The molecule has 1 saturated carbocycles. The first-order valence-electron chi connectivity index (χ1n) is 5.10. The maximum absolute atomic E-state index is 12.2. The predicted octanol–water partition coefficient (Wildman–Crippen LogP) is 2.33. The lowest BCUT2D eigenvalue weighted by Gasteiger charge is -2.14. The largest absolute Gasteiger partial charge is 0.327 e. The Morgan fingerprint density at radius 1 is 1.40 bits per heavy atom. The molecule has 2 N–H and O–H groups in total. The van der Waals surface area contributed by atoms with Crippen LogP contribution in [0.4, 0.5) is 0 Å². The zero-order chi connectivity index (χ0) is 10.8. The van der Waals surface area contributed by atoms with Gasteiger partial charge in [-0.1, -0.05) is 24.1 Å². The van der Waals surface area contributed by atoms with E-state index in [4.69, 9.17) is 17.3 Å². The number of hydrogen-bond donors (Lipinski definition) is 1. The van der Waals surface area contributed by atoms with Gasteiger partial charge in [0.15, 0.2) is 0 Å². The van der Waals surface area contributed by atoms with Crippen LogP contribution in [0.3, 0.4) is 0 Å². The van der Waals surface area contributed by atoms with Crippen LogP contribution in [0.1, 0.15) is 19.3 Å². The summed E-state index contributed by atoms with van der Waals surface area (Å²) in [6.45, 7) is 0. The van der Waals surface area contributed by atoms with Gasteiger partial charge in [-0.15, -0.1) is 0 Å². The van der Waals surface area contributed by atoms with Crippen molar-refractivity contribution in [2.24, 2.45) is 5.73 Å². The molecule has 1 fully saturated rings. The van der Waals surface area contributed by atoms with Crippen molar-refractivity contribution in [3.8, 4) is 0 Å². The topological polar surface area (TPSA) is 43.1 Å². The molecule has 0 amide bonds. The van der Waals surface area contributed by atoms with E-state index in [2.05, 4.69) is 0 Å². The van der Waals surface area contributed by atoms with Crippen molar-refractivity contribution in [1.29, 1.82) is 0 Å². The second-order valence-corrected chi connectivity index (χ2v) is 6.00. The highest BCUT2D eigenvalue weighted by molar-refractivity contribution is 7.85. The van der Waals surface area contributed by atoms with Gasteiger partial charge in [-0.2, -0.15) is 0 Å². The molecule has 0 spiro atoms. The highest BCUT2D eigenvalue weighted by Gasteiger charge is 2.29. The second-order valence-electron chi connectivity index (χ2n) is 3.89. The molecule has 3 atom stereocenters. The van der Waals surface area contributed by atoms with Crippen LogP contribution in [-0.2, 0) is 10.8 Å². The van der Waals surface area contributed by atoms with Gasteiger partial charge in [0.05, 0.1) is 16.0 Å². The van der Waals surface area contributed by atoms with E-state index < -0.39 is 10.8 Å². The molecule has 0 bridgehead atoms. The molecule has 82 valence electrons. The number of hydrogen-bond acceptors (Lipinski definition) is 2. The first kappa shape index (κ1) is 11.1. The van der Waals surface area contributed by atoms with Crippen LogP contribution in [-0.4, -0.2) is 15.5 Å². The van der Waals surface area contributed by atoms with Crippen molar-refractivity contribution in [3.05, 3.63) is 29.3 Å². The van der Waals surface area contributed by atoms with Gasteiger partial charge in [-0.25, -0.2) is 0 Å². The summed E-state index contributed by atoms with van der Waals surface area (Å²) < 4.78 is 12.2. The van der Waals surface area contributed by atoms with Crippen LogP contribution in [0.25, 0.3) is 0 Å². The molecule has 0 saturated heterocycles. The summed E-state index contributed by atoms with van der Waals surface area (Å²) in [5, 5.41) is 0.732. The van der Waals surface area contributed by atoms with E-state index >= 15 is 0 Å². The Morgan fingerprint density at radius 3 is 2.80 bits per heavy atom. The lowest BCUT2D eigenvalue weighted by molar-refractivity contribution is 0.649. The van der Waals surface area contributed by atoms with Gasteiger partial charge in [0.1, 0.15) is 0 Å². The predicted molar refractivity (Wildman–Crippen MR) is 63.5 cm³/mol.